The lowest BCUT2D eigenvalue weighted by atomic mass is 10.2. The van der Waals surface area contributed by atoms with Crippen LogP contribution in [0.15, 0.2) is 87.6 Å². The zero-order chi connectivity index (χ0) is 24.8. The zero-order valence-electron chi connectivity index (χ0n) is 17.9. The number of anilines is 1. The predicted molar refractivity (Wildman–Crippen MR) is 141 cm³/mol. The van der Waals surface area contributed by atoms with E-state index in [-0.39, 0.29) is 23.3 Å². The lowest BCUT2D eigenvalue weighted by molar-refractivity contribution is -0.387. The number of carbonyl (C=O) groups excluding carboxylic acids is 2. The first-order valence-electron chi connectivity index (χ1n) is 10.2. The van der Waals surface area contributed by atoms with Crippen molar-refractivity contribution in [1.29, 1.82) is 0 Å². The third-order valence-electron chi connectivity index (χ3n) is 4.60. The smallest absolute Gasteiger partial charge is 0.283 e. The second-order valence-electron chi connectivity index (χ2n) is 7.15. The van der Waals surface area contributed by atoms with E-state index in [0.29, 0.717) is 36.9 Å². The van der Waals surface area contributed by atoms with Gasteiger partial charge in [0.15, 0.2) is 5.17 Å². The van der Waals surface area contributed by atoms with Gasteiger partial charge < -0.3 is 10.6 Å². The summed E-state index contributed by atoms with van der Waals surface area (Å²) in [7, 11) is 0. The Balaban J connectivity index is 1.46. The van der Waals surface area contributed by atoms with Crippen molar-refractivity contribution < 1.29 is 14.5 Å². The van der Waals surface area contributed by atoms with Gasteiger partial charge in [-0.25, -0.2) is 4.99 Å². The lowest BCUT2D eigenvalue weighted by Gasteiger charge is -2.06. The molecule has 4 rings (SSSR count). The minimum atomic E-state index is -0.505. The van der Waals surface area contributed by atoms with E-state index >= 15 is 0 Å². The van der Waals surface area contributed by atoms with E-state index in [1.165, 1.54) is 6.07 Å². The van der Waals surface area contributed by atoms with Crippen LogP contribution in [0.2, 0.25) is 5.02 Å². The SMILES string of the molecule is O=C(CSc1ccc(/C=C2\SC(=Nc3ccc(Cl)cc3)NC2=O)cc1[N+](=O)[O-])Nc1ccccc1. The largest absolute Gasteiger partial charge is 0.325 e. The highest BCUT2D eigenvalue weighted by molar-refractivity contribution is 8.18. The van der Waals surface area contributed by atoms with Crippen molar-refractivity contribution in [3.05, 3.63) is 98.4 Å². The molecule has 1 aliphatic rings. The Kier molecular flexibility index (Phi) is 7.86. The first-order chi connectivity index (χ1) is 16.9. The first-order valence-corrected chi connectivity index (χ1v) is 12.4. The lowest BCUT2D eigenvalue weighted by Crippen LogP contribution is -2.19. The molecule has 0 atom stereocenters. The molecule has 1 heterocycles. The first kappa shape index (κ1) is 24.5. The number of para-hydroxylation sites is 1. The fraction of sp³-hybridized carbons (Fsp3) is 0.0417. The topological polar surface area (TPSA) is 114 Å². The molecule has 1 saturated heterocycles. The number of carbonyl (C=O) groups is 2. The van der Waals surface area contributed by atoms with E-state index in [2.05, 4.69) is 15.6 Å². The molecule has 35 heavy (non-hydrogen) atoms. The third kappa shape index (κ3) is 6.72. The minimum absolute atomic E-state index is 0.0128. The molecule has 0 saturated carbocycles. The van der Waals surface area contributed by atoms with Gasteiger partial charge in [0.2, 0.25) is 5.91 Å². The molecule has 2 N–H and O–H groups in total. The van der Waals surface area contributed by atoms with E-state index < -0.39 is 4.92 Å². The maximum Gasteiger partial charge on any atom is 0.283 e. The highest BCUT2D eigenvalue weighted by Gasteiger charge is 2.24. The van der Waals surface area contributed by atoms with Crippen molar-refractivity contribution in [3.63, 3.8) is 0 Å². The van der Waals surface area contributed by atoms with Crippen LogP contribution in [-0.4, -0.2) is 27.7 Å². The second kappa shape index (κ2) is 11.2. The maximum absolute atomic E-state index is 12.4. The third-order valence-corrected chi connectivity index (χ3v) is 6.83. The average Bonchev–Trinajstić information content (AvgIpc) is 3.18. The highest BCUT2D eigenvalue weighted by Crippen LogP contribution is 2.33. The van der Waals surface area contributed by atoms with Crippen molar-refractivity contribution >= 4 is 75.2 Å². The van der Waals surface area contributed by atoms with Crippen LogP contribution in [-0.2, 0) is 9.59 Å². The number of nitro benzene ring substituents is 1. The minimum Gasteiger partial charge on any atom is -0.325 e. The maximum atomic E-state index is 12.4. The van der Waals surface area contributed by atoms with E-state index in [1.54, 1.807) is 66.7 Å². The number of rotatable bonds is 7. The van der Waals surface area contributed by atoms with Gasteiger partial charge in [0, 0.05) is 16.8 Å². The fourth-order valence-electron chi connectivity index (χ4n) is 3.02. The number of aliphatic imine (C=N–C) groups is 1. The van der Waals surface area contributed by atoms with Crippen LogP contribution in [0.4, 0.5) is 17.1 Å². The number of hydrogen-bond acceptors (Lipinski definition) is 7. The van der Waals surface area contributed by atoms with Crippen molar-refractivity contribution in [2.45, 2.75) is 4.90 Å². The number of thioether (sulfide) groups is 2. The summed E-state index contributed by atoms with van der Waals surface area (Å²) in [6.45, 7) is 0. The Labute approximate surface area is 214 Å². The second-order valence-corrected chi connectivity index (χ2v) is 9.63. The van der Waals surface area contributed by atoms with Gasteiger partial charge in [0.25, 0.3) is 11.6 Å². The average molecular weight is 525 g/mol. The molecular weight excluding hydrogens is 508 g/mol. The molecule has 0 unspecified atom stereocenters. The van der Waals surface area contributed by atoms with Gasteiger partial charge in [-0.2, -0.15) is 0 Å². The monoisotopic (exact) mass is 524 g/mol. The van der Waals surface area contributed by atoms with Crippen molar-refractivity contribution in [3.8, 4) is 0 Å². The zero-order valence-corrected chi connectivity index (χ0v) is 20.3. The molecule has 3 aromatic rings. The summed E-state index contributed by atoms with van der Waals surface area (Å²) in [6.07, 6.45) is 1.56. The number of benzene rings is 3. The predicted octanol–water partition coefficient (Wildman–Crippen LogP) is 5.87. The van der Waals surface area contributed by atoms with Gasteiger partial charge in [0.1, 0.15) is 0 Å². The Morgan fingerprint density at radius 2 is 1.89 bits per heavy atom. The summed E-state index contributed by atoms with van der Waals surface area (Å²) in [5, 5.41) is 18.1. The molecule has 3 aromatic carbocycles. The van der Waals surface area contributed by atoms with Crippen LogP contribution in [0.25, 0.3) is 6.08 Å². The molecule has 1 fully saturated rings. The van der Waals surface area contributed by atoms with E-state index in [9.17, 15) is 19.7 Å². The Hall–Kier alpha value is -3.60. The number of nitrogens with zero attached hydrogens (tertiary/aromatic N) is 2. The number of nitro groups is 1. The van der Waals surface area contributed by atoms with Crippen molar-refractivity contribution in [2.24, 2.45) is 4.99 Å². The van der Waals surface area contributed by atoms with Crippen LogP contribution >= 0.6 is 35.1 Å². The summed E-state index contributed by atoms with van der Waals surface area (Å²) in [4.78, 5) is 40.8. The van der Waals surface area contributed by atoms with Gasteiger partial charge >= 0.3 is 0 Å². The van der Waals surface area contributed by atoms with Crippen molar-refractivity contribution in [1.82, 2.24) is 5.32 Å². The molecule has 0 radical (unpaired) electrons. The Morgan fingerprint density at radius 1 is 1.14 bits per heavy atom. The Bertz CT molecular complexity index is 1350. The Morgan fingerprint density at radius 3 is 2.60 bits per heavy atom. The molecule has 176 valence electrons. The number of amides is 2. The quantitative estimate of drug-likeness (QED) is 0.173. The van der Waals surface area contributed by atoms with Gasteiger partial charge in [-0.05, 0) is 65.9 Å². The number of halogens is 1. The molecule has 0 aromatic heterocycles. The molecule has 0 aliphatic carbocycles. The summed E-state index contributed by atoms with van der Waals surface area (Å²) in [6, 6.07) is 20.4. The van der Waals surface area contributed by atoms with Crippen molar-refractivity contribution in [2.75, 3.05) is 11.1 Å². The van der Waals surface area contributed by atoms with Crippen LogP contribution in [0.3, 0.4) is 0 Å². The van der Waals surface area contributed by atoms with Gasteiger partial charge in [0.05, 0.1) is 26.2 Å². The van der Waals surface area contributed by atoms with E-state index in [4.69, 9.17) is 11.6 Å². The van der Waals surface area contributed by atoms with Gasteiger partial charge in [-0.15, -0.1) is 11.8 Å². The fourth-order valence-corrected chi connectivity index (χ4v) is 4.79. The standard InChI is InChI=1S/C24H17ClN4O4S2/c25-16-7-9-18(10-8-16)27-24-28-23(31)21(35-24)13-15-6-11-20(19(12-15)29(32)33)34-14-22(30)26-17-4-2-1-3-5-17/h1-13H,14H2,(H,26,30)(H,27,28,31)/b21-13-. The molecule has 2 amide bonds. The van der Waals surface area contributed by atoms with Crippen LogP contribution in [0.1, 0.15) is 5.56 Å². The van der Waals surface area contributed by atoms with E-state index in [1.807, 2.05) is 6.07 Å². The molecule has 8 nitrogen and oxygen atoms in total. The van der Waals surface area contributed by atoms with Gasteiger partial charge in [-0.3, -0.25) is 19.7 Å². The normalized spacial score (nSPS) is 15.3. The summed E-state index contributed by atoms with van der Waals surface area (Å²) >= 11 is 8.08. The summed E-state index contributed by atoms with van der Waals surface area (Å²) < 4.78 is 0. The number of nitrogens with one attached hydrogen (secondary N) is 2. The summed E-state index contributed by atoms with van der Waals surface area (Å²) in [5.41, 5.74) is 1.63. The van der Waals surface area contributed by atoms with Crippen LogP contribution < -0.4 is 10.6 Å². The highest BCUT2D eigenvalue weighted by atomic mass is 35.5. The van der Waals surface area contributed by atoms with E-state index in [0.717, 1.165) is 23.5 Å². The molecule has 0 bridgehead atoms. The summed E-state index contributed by atoms with van der Waals surface area (Å²) in [5.74, 6) is -0.603. The number of hydrogen-bond donors (Lipinski definition) is 2. The molecule has 0 spiro atoms. The van der Waals surface area contributed by atoms with Crippen LogP contribution in [0.5, 0.6) is 0 Å². The molecular formula is C24H17ClN4O4S2. The molecule has 11 heteroatoms. The number of amidine groups is 1. The van der Waals surface area contributed by atoms with Crippen LogP contribution in [0, 0.1) is 10.1 Å². The molecule has 1 aliphatic heterocycles. The van der Waals surface area contributed by atoms with Gasteiger partial charge in [-0.1, -0.05) is 35.9 Å².